The van der Waals surface area contributed by atoms with Crippen molar-refractivity contribution in [2.24, 2.45) is 0 Å². The number of H-pyrrole nitrogens is 1. The Balaban J connectivity index is 1.57. The molecule has 0 saturated heterocycles. The summed E-state index contributed by atoms with van der Waals surface area (Å²) < 4.78 is 11.4. The highest BCUT2D eigenvalue weighted by Gasteiger charge is 2.29. The molecule has 4 aromatic rings. The minimum atomic E-state index is -0.365. The van der Waals surface area contributed by atoms with Crippen LogP contribution in [-0.4, -0.2) is 50.0 Å². The van der Waals surface area contributed by atoms with Crippen molar-refractivity contribution in [2.75, 3.05) is 33.6 Å². The Morgan fingerprint density at radius 1 is 1.08 bits per heavy atom. The first-order chi connectivity index (χ1) is 17.9. The lowest BCUT2D eigenvalue weighted by Gasteiger charge is -2.10. The van der Waals surface area contributed by atoms with Crippen molar-refractivity contribution in [2.45, 2.75) is 6.54 Å². The molecule has 3 N–H and O–H groups in total. The number of hydrogen-bond donors (Lipinski definition) is 3. The Labute approximate surface area is 214 Å². The predicted octanol–water partition coefficient (Wildman–Crippen LogP) is 5.27. The van der Waals surface area contributed by atoms with Crippen LogP contribution in [0.1, 0.15) is 21.5 Å². The molecule has 8 nitrogen and oxygen atoms in total. The molecule has 0 saturated carbocycles. The summed E-state index contributed by atoms with van der Waals surface area (Å²) in [4.78, 5) is 30.6. The molecule has 0 aliphatic carbocycles. The predicted molar refractivity (Wildman–Crippen MR) is 145 cm³/mol. The molecule has 2 heterocycles. The minimum absolute atomic E-state index is 0.210. The van der Waals surface area contributed by atoms with Crippen LogP contribution in [-0.2, 0) is 6.54 Å². The SMILES string of the molecule is CNC(=O)Nc1ccc2c(c1)C(=O)/C(=C/c1c(-c3ccc(CN(C)C)cc3)[nH]c3ccc(OC)cc13)O2. The third kappa shape index (κ3) is 4.79. The number of urea groups is 1. The maximum absolute atomic E-state index is 13.3. The van der Waals surface area contributed by atoms with Crippen LogP contribution in [0.3, 0.4) is 0 Å². The number of rotatable bonds is 6. The summed E-state index contributed by atoms with van der Waals surface area (Å²) in [6.45, 7) is 0.846. The number of nitrogens with zero attached hydrogens (tertiary/aromatic N) is 1. The van der Waals surface area contributed by atoms with Gasteiger partial charge in [0.25, 0.3) is 0 Å². The molecule has 5 rings (SSSR count). The Kier molecular flexibility index (Phi) is 6.42. The molecule has 2 amide bonds. The number of hydrogen-bond acceptors (Lipinski definition) is 5. The van der Waals surface area contributed by atoms with E-state index in [2.05, 4.69) is 44.8 Å². The van der Waals surface area contributed by atoms with Crippen LogP contribution in [0.15, 0.2) is 66.4 Å². The first-order valence-electron chi connectivity index (χ1n) is 11.9. The van der Waals surface area contributed by atoms with E-state index in [-0.39, 0.29) is 17.6 Å². The number of ether oxygens (including phenoxy) is 2. The quantitative estimate of drug-likeness (QED) is 0.316. The number of aromatic nitrogens is 1. The van der Waals surface area contributed by atoms with Crippen LogP contribution in [0.4, 0.5) is 10.5 Å². The molecular weight excluding hydrogens is 468 g/mol. The van der Waals surface area contributed by atoms with E-state index in [1.807, 2.05) is 32.3 Å². The third-order valence-electron chi connectivity index (χ3n) is 6.22. The number of fused-ring (bicyclic) bond motifs is 2. The fourth-order valence-electron chi connectivity index (χ4n) is 4.43. The van der Waals surface area contributed by atoms with Gasteiger partial charge in [-0.1, -0.05) is 24.3 Å². The number of benzene rings is 3. The highest BCUT2D eigenvalue weighted by atomic mass is 16.5. The number of Topliss-reactive ketones (excluding diaryl/α,β-unsaturated/α-hetero) is 1. The summed E-state index contributed by atoms with van der Waals surface area (Å²) in [5.74, 6) is 1.12. The second kappa shape index (κ2) is 9.83. The summed E-state index contributed by atoms with van der Waals surface area (Å²) >= 11 is 0. The van der Waals surface area contributed by atoms with Crippen LogP contribution in [0.2, 0.25) is 0 Å². The lowest BCUT2D eigenvalue weighted by molar-refractivity contribution is 0.101. The van der Waals surface area contributed by atoms with Crippen molar-refractivity contribution in [1.29, 1.82) is 0 Å². The molecule has 37 heavy (non-hydrogen) atoms. The van der Waals surface area contributed by atoms with Crippen molar-refractivity contribution in [3.63, 3.8) is 0 Å². The fourth-order valence-corrected chi connectivity index (χ4v) is 4.43. The van der Waals surface area contributed by atoms with Crippen molar-refractivity contribution in [3.8, 4) is 22.8 Å². The average Bonchev–Trinajstić information content (AvgIpc) is 3.41. The topological polar surface area (TPSA) is 95.7 Å². The Bertz CT molecular complexity index is 1530. The van der Waals surface area contributed by atoms with Crippen molar-refractivity contribution < 1.29 is 19.1 Å². The maximum atomic E-state index is 13.3. The fraction of sp³-hybridized carbons (Fsp3) is 0.172. The standard InChI is InChI=1S/C29H28N4O4/c1-30-29(35)31-19-9-12-25-23(13-19)28(34)26(37-25)15-22-21-14-20(36-4)10-11-24(21)32-27(22)18-7-5-17(6-8-18)16-33(2)3/h5-15,32H,16H2,1-4H3,(H2,30,31,35)/b26-15-. The monoisotopic (exact) mass is 496 g/mol. The molecule has 0 bridgehead atoms. The van der Waals surface area contributed by atoms with Crippen molar-refractivity contribution in [3.05, 3.63) is 83.1 Å². The zero-order valence-electron chi connectivity index (χ0n) is 21.1. The van der Waals surface area contributed by atoms with E-state index < -0.39 is 0 Å². The second-order valence-corrected chi connectivity index (χ2v) is 9.11. The summed E-state index contributed by atoms with van der Waals surface area (Å²) in [5.41, 5.74) is 5.72. The first-order valence-corrected chi connectivity index (χ1v) is 11.9. The molecule has 8 heteroatoms. The van der Waals surface area contributed by atoms with E-state index in [0.29, 0.717) is 22.7 Å². The molecule has 0 spiro atoms. The number of carbonyl (C=O) groups is 2. The van der Waals surface area contributed by atoms with Gasteiger partial charge in [0, 0.05) is 35.7 Å². The number of aromatic amines is 1. The van der Waals surface area contributed by atoms with Gasteiger partial charge in [0.2, 0.25) is 5.78 Å². The number of methoxy groups -OCH3 is 1. The molecule has 0 atom stereocenters. The molecule has 0 fully saturated rings. The van der Waals surface area contributed by atoms with E-state index in [0.717, 1.165) is 34.3 Å². The van der Waals surface area contributed by atoms with Crippen LogP contribution < -0.4 is 20.1 Å². The van der Waals surface area contributed by atoms with E-state index in [9.17, 15) is 9.59 Å². The van der Waals surface area contributed by atoms with Crippen LogP contribution in [0.25, 0.3) is 28.2 Å². The Hall–Kier alpha value is -4.56. The highest BCUT2D eigenvalue weighted by Crippen LogP contribution is 2.38. The summed E-state index contributed by atoms with van der Waals surface area (Å²) in [6, 6.07) is 18.8. The highest BCUT2D eigenvalue weighted by molar-refractivity contribution is 6.16. The number of allylic oxidation sites excluding steroid dienone is 1. The van der Waals surface area contributed by atoms with Crippen LogP contribution in [0.5, 0.6) is 11.5 Å². The zero-order chi connectivity index (χ0) is 26.1. The van der Waals surface area contributed by atoms with E-state index >= 15 is 0 Å². The summed E-state index contributed by atoms with van der Waals surface area (Å²) in [6.07, 6.45) is 1.77. The maximum Gasteiger partial charge on any atom is 0.318 e. The average molecular weight is 497 g/mol. The van der Waals surface area contributed by atoms with Crippen LogP contribution >= 0.6 is 0 Å². The van der Waals surface area contributed by atoms with Gasteiger partial charge in [0.05, 0.1) is 18.4 Å². The van der Waals surface area contributed by atoms with Gasteiger partial charge in [-0.15, -0.1) is 0 Å². The second-order valence-electron chi connectivity index (χ2n) is 9.11. The largest absolute Gasteiger partial charge is 0.497 e. The van der Waals surface area contributed by atoms with E-state index in [1.165, 1.54) is 12.6 Å². The lowest BCUT2D eigenvalue weighted by atomic mass is 10.0. The molecule has 1 aliphatic rings. The first kappa shape index (κ1) is 24.1. The number of anilines is 1. The van der Waals surface area contributed by atoms with Gasteiger partial charge in [-0.2, -0.15) is 0 Å². The number of amides is 2. The Morgan fingerprint density at radius 3 is 2.57 bits per heavy atom. The van der Waals surface area contributed by atoms with Crippen molar-refractivity contribution >= 4 is 34.5 Å². The molecule has 0 unspecified atom stereocenters. The number of nitrogens with one attached hydrogen (secondary N) is 3. The zero-order valence-corrected chi connectivity index (χ0v) is 21.1. The molecule has 1 aromatic heterocycles. The van der Waals surface area contributed by atoms with Gasteiger partial charge < -0.3 is 30.0 Å². The molecule has 3 aromatic carbocycles. The molecule has 1 aliphatic heterocycles. The van der Waals surface area contributed by atoms with Gasteiger partial charge in [0.1, 0.15) is 11.5 Å². The van der Waals surface area contributed by atoms with Crippen molar-refractivity contribution in [1.82, 2.24) is 15.2 Å². The van der Waals surface area contributed by atoms with Gasteiger partial charge in [-0.3, -0.25) is 4.79 Å². The van der Waals surface area contributed by atoms with E-state index in [1.54, 1.807) is 31.4 Å². The van der Waals surface area contributed by atoms with Gasteiger partial charge in [-0.05, 0) is 67.7 Å². The molecule has 0 radical (unpaired) electrons. The normalized spacial score (nSPS) is 13.6. The Morgan fingerprint density at radius 2 is 1.86 bits per heavy atom. The summed E-state index contributed by atoms with van der Waals surface area (Å²) in [5, 5.41) is 6.10. The smallest absolute Gasteiger partial charge is 0.318 e. The number of carbonyl (C=O) groups excluding carboxylic acids is 2. The van der Waals surface area contributed by atoms with Gasteiger partial charge in [0.15, 0.2) is 5.76 Å². The van der Waals surface area contributed by atoms with Gasteiger partial charge in [-0.25, -0.2) is 4.79 Å². The lowest BCUT2D eigenvalue weighted by Crippen LogP contribution is -2.24. The molecule has 188 valence electrons. The van der Waals surface area contributed by atoms with Crippen LogP contribution in [0, 0.1) is 0 Å². The van der Waals surface area contributed by atoms with Gasteiger partial charge >= 0.3 is 6.03 Å². The number of ketones is 1. The van der Waals surface area contributed by atoms with E-state index in [4.69, 9.17) is 9.47 Å². The minimum Gasteiger partial charge on any atom is -0.497 e. The summed E-state index contributed by atoms with van der Waals surface area (Å²) in [7, 11) is 7.23. The third-order valence-corrected chi connectivity index (χ3v) is 6.22. The molecular formula is C29H28N4O4.